The Labute approximate surface area is 66.8 Å². The lowest BCUT2D eigenvalue weighted by atomic mass is 10.2. The van der Waals surface area contributed by atoms with Crippen LogP contribution in [0.1, 0.15) is 20.3 Å². The molecule has 2 rings (SSSR count). The summed E-state index contributed by atoms with van der Waals surface area (Å²) in [5.74, 6) is 0.171. The predicted octanol–water partition coefficient (Wildman–Crippen LogP) is 0.485. The molecule has 3 unspecified atom stereocenters. The normalized spacial score (nSPS) is 47.7. The smallest absolute Gasteiger partial charge is 0.163 e. The highest BCUT2D eigenvalue weighted by molar-refractivity contribution is 4.97. The maximum absolute atomic E-state index is 5.70. The van der Waals surface area contributed by atoms with Gasteiger partial charge in [-0.2, -0.15) is 0 Å². The second-order valence-electron chi connectivity index (χ2n) is 3.93. The van der Waals surface area contributed by atoms with Gasteiger partial charge in [-0.1, -0.05) is 0 Å². The molecule has 1 saturated carbocycles. The van der Waals surface area contributed by atoms with Gasteiger partial charge in [0.1, 0.15) is 0 Å². The Morgan fingerprint density at radius 2 is 2.09 bits per heavy atom. The van der Waals surface area contributed by atoms with Crippen LogP contribution in [-0.4, -0.2) is 24.5 Å². The summed E-state index contributed by atoms with van der Waals surface area (Å²) in [7, 11) is 0. The highest BCUT2D eigenvalue weighted by Crippen LogP contribution is 2.38. The highest BCUT2D eigenvalue weighted by atomic mass is 16.7. The Kier molecular flexibility index (Phi) is 1.50. The highest BCUT2D eigenvalue weighted by Gasteiger charge is 2.47. The van der Waals surface area contributed by atoms with Crippen LogP contribution in [0.4, 0.5) is 0 Å². The average molecular weight is 157 g/mol. The lowest BCUT2D eigenvalue weighted by Gasteiger charge is -2.16. The van der Waals surface area contributed by atoms with Crippen LogP contribution < -0.4 is 5.73 Å². The first-order valence-electron chi connectivity index (χ1n) is 4.16. The summed E-state index contributed by atoms with van der Waals surface area (Å²) < 4.78 is 11.1. The van der Waals surface area contributed by atoms with Crippen molar-refractivity contribution in [1.82, 2.24) is 0 Å². The van der Waals surface area contributed by atoms with E-state index in [9.17, 15) is 0 Å². The van der Waals surface area contributed by atoms with Gasteiger partial charge in [0.15, 0.2) is 5.79 Å². The molecule has 3 heteroatoms. The molecule has 0 aromatic carbocycles. The van der Waals surface area contributed by atoms with Gasteiger partial charge in [-0.15, -0.1) is 0 Å². The van der Waals surface area contributed by atoms with Crippen molar-refractivity contribution in [3.63, 3.8) is 0 Å². The van der Waals surface area contributed by atoms with Crippen molar-refractivity contribution in [1.29, 1.82) is 0 Å². The number of nitrogens with two attached hydrogens (primary N) is 1. The first-order valence-corrected chi connectivity index (χ1v) is 4.16. The molecule has 64 valence electrons. The van der Waals surface area contributed by atoms with Crippen LogP contribution in [0.2, 0.25) is 0 Å². The largest absolute Gasteiger partial charge is 0.348 e. The minimum atomic E-state index is -0.382. The predicted molar refractivity (Wildman–Crippen MR) is 41.0 cm³/mol. The van der Waals surface area contributed by atoms with Crippen LogP contribution in [0.15, 0.2) is 0 Å². The summed E-state index contributed by atoms with van der Waals surface area (Å²) in [6.07, 6.45) is 1.35. The van der Waals surface area contributed by atoms with Crippen molar-refractivity contribution in [3.8, 4) is 0 Å². The molecule has 1 heterocycles. The zero-order valence-electron chi connectivity index (χ0n) is 7.04. The fourth-order valence-electron chi connectivity index (χ4n) is 1.59. The summed E-state index contributed by atoms with van der Waals surface area (Å²) in [4.78, 5) is 0. The van der Waals surface area contributed by atoms with Gasteiger partial charge in [0.05, 0.1) is 12.7 Å². The van der Waals surface area contributed by atoms with Gasteiger partial charge in [0, 0.05) is 12.0 Å². The summed E-state index contributed by atoms with van der Waals surface area (Å²) in [6, 6.07) is 0.359. The number of rotatable bonds is 1. The van der Waals surface area contributed by atoms with Crippen LogP contribution in [0, 0.1) is 5.92 Å². The van der Waals surface area contributed by atoms with Gasteiger partial charge in [-0.3, -0.25) is 0 Å². The van der Waals surface area contributed by atoms with Crippen LogP contribution in [0.25, 0.3) is 0 Å². The monoisotopic (exact) mass is 157 g/mol. The topological polar surface area (TPSA) is 44.5 Å². The molecule has 0 bridgehead atoms. The van der Waals surface area contributed by atoms with E-state index in [4.69, 9.17) is 15.2 Å². The summed E-state index contributed by atoms with van der Waals surface area (Å²) in [5.41, 5.74) is 5.70. The Bertz CT molecular complexity index is 169. The second-order valence-corrected chi connectivity index (χ2v) is 3.93. The summed E-state index contributed by atoms with van der Waals surface area (Å²) in [6.45, 7) is 4.60. The fourth-order valence-corrected chi connectivity index (χ4v) is 1.59. The van der Waals surface area contributed by atoms with E-state index >= 15 is 0 Å². The van der Waals surface area contributed by atoms with Crippen molar-refractivity contribution in [2.75, 3.05) is 6.61 Å². The number of ether oxygens (including phenoxy) is 2. The van der Waals surface area contributed by atoms with Gasteiger partial charge in [-0.05, 0) is 20.3 Å². The van der Waals surface area contributed by atoms with E-state index in [1.807, 2.05) is 13.8 Å². The minimum absolute atomic E-state index is 0.250. The SMILES string of the molecule is CC1(C)OCC(C2CC2N)O1. The van der Waals surface area contributed by atoms with Gasteiger partial charge in [0.2, 0.25) is 0 Å². The van der Waals surface area contributed by atoms with E-state index in [2.05, 4.69) is 0 Å². The molecule has 0 radical (unpaired) electrons. The molecule has 11 heavy (non-hydrogen) atoms. The Morgan fingerprint density at radius 3 is 2.45 bits per heavy atom. The van der Waals surface area contributed by atoms with E-state index in [0.717, 1.165) is 6.42 Å². The molecule has 2 fully saturated rings. The van der Waals surface area contributed by atoms with Crippen LogP contribution in [-0.2, 0) is 9.47 Å². The first-order chi connectivity index (χ1) is 5.08. The van der Waals surface area contributed by atoms with Crippen molar-refractivity contribution in [3.05, 3.63) is 0 Å². The van der Waals surface area contributed by atoms with Crippen molar-refractivity contribution < 1.29 is 9.47 Å². The molecule has 1 saturated heterocycles. The van der Waals surface area contributed by atoms with Gasteiger partial charge < -0.3 is 15.2 Å². The molecule has 0 amide bonds. The molecule has 2 aliphatic rings. The van der Waals surface area contributed by atoms with Gasteiger partial charge in [-0.25, -0.2) is 0 Å². The molecule has 0 aromatic rings. The van der Waals surface area contributed by atoms with E-state index in [-0.39, 0.29) is 11.9 Å². The maximum Gasteiger partial charge on any atom is 0.163 e. The zero-order valence-corrected chi connectivity index (χ0v) is 7.04. The summed E-state index contributed by atoms with van der Waals surface area (Å²) >= 11 is 0. The van der Waals surface area contributed by atoms with Crippen LogP contribution >= 0.6 is 0 Å². The van der Waals surface area contributed by atoms with Gasteiger partial charge in [0.25, 0.3) is 0 Å². The molecular formula is C8H15NO2. The van der Waals surface area contributed by atoms with Crippen molar-refractivity contribution in [2.45, 2.75) is 38.2 Å². The molecule has 1 aliphatic heterocycles. The third-order valence-corrected chi connectivity index (χ3v) is 2.40. The van der Waals surface area contributed by atoms with Crippen LogP contribution in [0.5, 0.6) is 0 Å². The molecule has 0 spiro atoms. The molecule has 3 nitrogen and oxygen atoms in total. The lowest BCUT2D eigenvalue weighted by Crippen LogP contribution is -2.23. The quantitative estimate of drug-likeness (QED) is 0.602. The number of hydrogen-bond acceptors (Lipinski definition) is 3. The molecule has 0 aromatic heterocycles. The molecule has 3 atom stereocenters. The van der Waals surface area contributed by atoms with Gasteiger partial charge >= 0.3 is 0 Å². The van der Waals surface area contributed by atoms with E-state index in [0.29, 0.717) is 18.6 Å². The zero-order chi connectivity index (χ0) is 8.06. The van der Waals surface area contributed by atoms with Crippen molar-refractivity contribution >= 4 is 0 Å². The standard InChI is InChI=1S/C8H15NO2/c1-8(2)10-4-7(11-8)5-3-6(5)9/h5-7H,3-4,9H2,1-2H3. The lowest BCUT2D eigenvalue weighted by molar-refractivity contribution is -0.140. The minimum Gasteiger partial charge on any atom is -0.348 e. The molecular weight excluding hydrogens is 142 g/mol. The van der Waals surface area contributed by atoms with Crippen LogP contribution in [0.3, 0.4) is 0 Å². The second kappa shape index (κ2) is 2.19. The fraction of sp³-hybridized carbons (Fsp3) is 1.00. The summed E-state index contributed by atoms with van der Waals surface area (Å²) in [5, 5.41) is 0. The maximum atomic E-state index is 5.70. The van der Waals surface area contributed by atoms with E-state index in [1.165, 1.54) is 0 Å². The Hall–Kier alpha value is -0.120. The third kappa shape index (κ3) is 1.41. The number of hydrogen-bond donors (Lipinski definition) is 1. The van der Waals surface area contributed by atoms with E-state index < -0.39 is 0 Å². The Morgan fingerprint density at radius 1 is 1.45 bits per heavy atom. The van der Waals surface area contributed by atoms with Crippen molar-refractivity contribution in [2.24, 2.45) is 11.7 Å². The molecule has 1 aliphatic carbocycles. The first kappa shape index (κ1) is 7.53. The molecule has 2 N–H and O–H groups in total. The third-order valence-electron chi connectivity index (χ3n) is 2.40. The van der Waals surface area contributed by atoms with E-state index in [1.54, 1.807) is 0 Å². The average Bonchev–Trinajstić information content (AvgIpc) is 2.49. The Balaban J connectivity index is 1.90.